The van der Waals surface area contributed by atoms with E-state index in [1.165, 1.54) is 6.92 Å². The van der Waals surface area contributed by atoms with E-state index in [9.17, 15) is 14.7 Å². The fourth-order valence-corrected chi connectivity index (χ4v) is 6.08. The zero-order valence-corrected chi connectivity index (χ0v) is 16.9. The lowest BCUT2D eigenvalue weighted by Crippen LogP contribution is -2.69. The quantitative estimate of drug-likeness (QED) is 0.614. The van der Waals surface area contributed by atoms with Gasteiger partial charge in [-0.05, 0) is 48.6 Å². The van der Waals surface area contributed by atoms with E-state index in [0.717, 1.165) is 18.4 Å². The molecule has 3 fully saturated rings. The molecule has 3 aliphatic rings. The van der Waals surface area contributed by atoms with E-state index in [1.54, 1.807) is 12.5 Å². The summed E-state index contributed by atoms with van der Waals surface area (Å²) in [6, 6.07) is 1.95. The first-order valence-corrected chi connectivity index (χ1v) is 10.2. The van der Waals surface area contributed by atoms with E-state index >= 15 is 0 Å². The van der Waals surface area contributed by atoms with Gasteiger partial charge in [-0.25, -0.2) is 0 Å². The zero-order chi connectivity index (χ0) is 20.2. The molecule has 4 rings (SSSR count). The fourth-order valence-electron chi connectivity index (χ4n) is 6.08. The number of esters is 1. The topological polar surface area (TPSA) is 89.3 Å². The Labute approximate surface area is 165 Å². The van der Waals surface area contributed by atoms with E-state index in [2.05, 4.69) is 13.8 Å². The first kappa shape index (κ1) is 19.6. The summed E-state index contributed by atoms with van der Waals surface area (Å²) in [5.41, 5.74) is -0.651. The van der Waals surface area contributed by atoms with Crippen LogP contribution in [0.4, 0.5) is 0 Å². The highest BCUT2D eigenvalue weighted by atomic mass is 16.6. The first-order valence-electron chi connectivity index (χ1n) is 10.2. The highest BCUT2D eigenvalue weighted by Crippen LogP contribution is 2.67. The molecule has 1 aromatic heterocycles. The van der Waals surface area contributed by atoms with Crippen LogP contribution in [0.15, 0.2) is 23.0 Å². The number of ether oxygens (including phenoxy) is 2. The van der Waals surface area contributed by atoms with Crippen LogP contribution in [0, 0.1) is 22.7 Å². The van der Waals surface area contributed by atoms with Crippen LogP contribution in [0.2, 0.25) is 0 Å². The van der Waals surface area contributed by atoms with Gasteiger partial charge in [0.15, 0.2) is 0 Å². The summed E-state index contributed by atoms with van der Waals surface area (Å²) in [6.45, 7) is 6.20. The number of Topliss-reactive ketones (excluding diaryl/α,β-unsaturated/α-hetero) is 1. The van der Waals surface area contributed by atoms with Crippen molar-refractivity contribution >= 4 is 11.8 Å². The summed E-state index contributed by atoms with van der Waals surface area (Å²) >= 11 is 0. The number of rotatable bonds is 5. The largest absolute Gasteiger partial charge is 0.472 e. The molecule has 1 spiro atoms. The van der Waals surface area contributed by atoms with Crippen molar-refractivity contribution in [3.63, 3.8) is 0 Å². The number of furan rings is 1. The second-order valence-electron chi connectivity index (χ2n) is 9.29. The van der Waals surface area contributed by atoms with Crippen molar-refractivity contribution in [1.29, 1.82) is 0 Å². The number of aliphatic hydroxyl groups is 1. The molecule has 2 heterocycles. The molecule has 1 N–H and O–H groups in total. The summed E-state index contributed by atoms with van der Waals surface area (Å²) in [5.74, 6) is -0.481. The van der Waals surface area contributed by atoms with Crippen molar-refractivity contribution in [3.8, 4) is 0 Å². The number of aliphatic hydroxyl groups excluding tert-OH is 1. The van der Waals surface area contributed by atoms with Gasteiger partial charge >= 0.3 is 5.97 Å². The molecule has 1 aliphatic heterocycles. The first-order chi connectivity index (χ1) is 13.3. The molecule has 0 aromatic carbocycles. The maximum Gasteiger partial charge on any atom is 0.302 e. The van der Waals surface area contributed by atoms with Gasteiger partial charge in [0.2, 0.25) is 0 Å². The van der Waals surface area contributed by atoms with Crippen molar-refractivity contribution in [1.82, 2.24) is 0 Å². The van der Waals surface area contributed by atoms with Crippen molar-refractivity contribution in [2.75, 3.05) is 13.2 Å². The lowest BCUT2D eigenvalue weighted by atomic mass is 9.42. The normalized spacial score (nSPS) is 42.3. The molecule has 1 aromatic rings. The zero-order valence-electron chi connectivity index (χ0n) is 16.9. The van der Waals surface area contributed by atoms with Gasteiger partial charge in [-0.3, -0.25) is 9.59 Å². The monoisotopic (exact) mass is 390 g/mol. The Morgan fingerprint density at radius 1 is 1.43 bits per heavy atom. The summed E-state index contributed by atoms with van der Waals surface area (Å²) in [7, 11) is 0. The van der Waals surface area contributed by atoms with Crippen LogP contribution >= 0.6 is 0 Å². The Kier molecular flexibility index (Phi) is 4.70. The van der Waals surface area contributed by atoms with Gasteiger partial charge in [0.05, 0.1) is 30.7 Å². The van der Waals surface area contributed by atoms with Crippen molar-refractivity contribution in [2.45, 2.75) is 64.6 Å². The van der Waals surface area contributed by atoms with Gasteiger partial charge in [-0.2, -0.15) is 0 Å². The number of hydrogen-bond donors (Lipinski definition) is 1. The van der Waals surface area contributed by atoms with Crippen LogP contribution in [0.25, 0.3) is 0 Å². The van der Waals surface area contributed by atoms with Gasteiger partial charge in [-0.1, -0.05) is 13.8 Å². The number of ketones is 1. The van der Waals surface area contributed by atoms with Gasteiger partial charge < -0.3 is 19.0 Å². The molecule has 2 aliphatic carbocycles. The van der Waals surface area contributed by atoms with Gasteiger partial charge in [0, 0.05) is 19.3 Å². The minimum atomic E-state index is -0.869. The molecular weight excluding hydrogens is 360 g/mol. The van der Waals surface area contributed by atoms with Crippen LogP contribution in [-0.2, 0) is 25.5 Å². The number of carbonyl (C=O) groups is 2. The second-order valence-corrected chi connectivity index (χ2v) is 9.29. The van der Waals surface area contributed by atoms with E-state index < -0.39 is 29.0 Å². The molecule has 0 unspecified atom stereocenters. The predicted molar refractivity (Wildman–Crippen MR) is 100 cm³/mol. The van der Waals surface area contributed by atoms with Gasteiger partial charge in [0.25, 0.3) is 0 Å². The molecule has 2 saturated carbocycles. The molecule has 154 valence electrons. The molecular formula is C22H30O6. The summed E-state index contributed by atoms with van der Waals surface area (Å²) in [4.78, 5) is 25.0. The lowest BCUT2D eigenvalue weighted by molar-refractivity contribution is -0.214. The number of aryl methyl sites for hydroxylation is 1. The minimum Gasteiger partial charge on any atom is -0.472 e. The van der Waals surface area contributed by atoms with Crippen LogP contribution in [-0.4, -0.2) is 41.8 Å². The predicted octanol–water partition coefficient (Wildman–Crippen LogP) is 2.92. The van der Waals surface area contributed by atoms with Crippen molar-refractivity contribution < 1.29 is 28.6 Å². The maximum atomic E-state index is 13.3. The third kappa shape index (κ3) is 2.76. The molecule has 6 atom stereocenters. The average molecular weight is 390 g/mol. The third-order valence-corrected chi connectivity index (χ3v) is 7.96. The van der Waals surface area contributed by atoms with E-state index in [4.69, 9.17) is 13.9 Å². The highest BCUT2D eigenvalue weighted by molar-refractivity contribution is 5.85. The molecule has 0 bridgehead atoms. The number of carbonyl (C=O) groups excluding carboxylic acids is 2. The Morgan fingerprint density at radius 3 is 2.79 bits per heavy atom. The fraction of sp³-hybridized carbons (Fsp3) is 0.727. The van der Waals surface area contributed by atoms with Crippen LogP contribution in [0.3, 0.4) is 0 Å². The Bertz CT molecular complexity index is 751. The minimum absolute atomic E-state index is 0.0356. The maximum absolute atomic E-state index is 13.3. The third-order valence-electron chi connectivity index (χ3n) is 7.96. The Balaban J connectivity index is 1.74. The molecule has 0 amide bonds. The molecule has 6 heteroatoms. The molecule has 1 saturated heterocycles. The second kappa shape index (κ2) is 6.70. The molecule has 28 heavy (non-hydrogen) atoms. The lowest BCUT2D eigenvalue weighted by Gasteiger charge is -2.61. The average Bonchev–Trinajstić information content (AvgIpc) is 3.23. The van der Waals surface area contributed by atoms with Crippen LogP contribution in [0.1, 0.15) is 52.0 Å². The van der Waals surface area contributed by atoms with E-state index in [1.807, 2.05) is 6.07 Å². The highest BCUT2D eigenvalue weighted by Gasteiger charge is 2.75. The summed E-state index contributed by atoms with van der Waals surface area (Å²) in [6.07, 6.45) is 5.88. The smallest absolute Gasteiger partial charge is 0.302 e. The number of epoxide rings is 1. The summed E-state index contributed by atoms with van der Waals surface area (Å²) in [5, 5.41) is 11.3. The Hall–Kier alpha value is -1.66. The van der Waals surface area contributed by atoms with Crippen molar-refractivity contribution in [2.24, 2.45) is 22.7 Å². The van der Waals surface area contributed by atoms with E-state index in [0.29, 0.717) is 25.9 Å². The molecule has 6 nitrogen and oxygen atoms in total. The standard InChI is InChI=1S/C22H30O6/c1-14-10-18(25)22(13-27-15(2)23)19(17(24)5-8-21(22)12-28-21)20(14,3)7-4-16-6-9-26-11-16/h6,9,11,14,18-19,25H,4-5,7-8,10,12-13H2,1-3H3/t14-,18+,19+,20-,21+,22-/m0/s1. The Morgan fingerprint density at radius 2 is 2.18 bits per heavy atom. The van der Waals surface area contributed by atoms with Gasteiger partial charge in [-0.15, -0.1) is 0 Å². The van der Waals surface area contributed by atoms with Gasteiger partial charge in [0.1, 0.15) is 18.0 Å². The molecule has 0 radical (unpaired) electrons. The van der Waals surface area contributed by atoms with Crippen LogP contribution in [0.5, 0.6) is 0 Å². The van der Waals surface area contributed by atoms with Crippen LogP contribution < -0.4 is 0 Å². The van der Waals surface area contributed by atoms with E-state index in [-0.39, 0.29) is 23.7 Å². The van der Waals surface area contributed by atoms with Crippen molar-refractivity contribution in [3.05, 3.63) is 24.2 Å². The number of fused-ring (bicyclic) bond motifs is 2. The SMILES string of the molecule is CC(=O)OC[C@]12[C@H](O)C[C@H](C)[C@](C)(CCc3ccoc3)[C@H]1C(=O)CC[C@@]21CO1. The summed E-state index contributed by atoms with van der Waals surface area (Å²) < 4.78 is 16.6. The number of hydrogen-bond acceptors (Lipinski definition) is 6.